The summed E-state index contributed by atoms with van der Waals surface area (Å²) < 4.78 is 56.2. The van der Waals surface area contributed by atoms with Crippen LogP contribution in [0.1, 0.15) is 0 Å². The van der Waals surface area contributed by atoms with Crippen LogP contribution in [-0.2, 0) is 28.4 Å². The molecule has 0 aliphatic rings. The molecule has 33 heavy (non-hydrogen) atoms. The maximum atomic E-state index is 13.4. The molecule has 2 N–H and O–H groups in total. The van der Waals surface area contributed by atoms with E-state index in [4.69, 9.17) is 0 Å². The number of hydrogen-bond acceptors (Lipinski definition) is 4. The molecule has 0 saturated carbocycles. The highest BCUT2D eigenvalue weighted by atomic mass is 32.2. The lowest BCUT2D eigenvalue weighted by Crippen LogP contribution is -2.28. The summed E-state index contributed by atoms with van der Waals surface area (Å²) >= 11 is 0. The molecule has 1 aromatic heterocycles. The van der Waals surface area contributed by atoms with Gasteiger partial charge in [-0.15, -0.1) is 0 Å². The molecule has 8 nitrogen and oxygen atoms in total. The molecule has 3 aromatic carbocycles. The maximum Gasteiger partial charge on any atom is 0.329 e. The number of sulfonamides is 1. The van der Waals surface area contributed by atoms with Gasteiger partial charge in [0.25, 0.3) is 10.0 Å². The molecule has 170 valence electrons. The number of para-hydroxylation sites is 2. The summed E-state index contributed by atoms with van der Waals surface area (Å²) in [5.41, 5.74) is 1.54. The van der Waals surface area contributed by atoms with Crippen LogP contribution in [0.25, 0.3) is 11.0 Å². The second-order valence-corrected chi connectivity index (χ2v) is 8.91. The number of rotatable bonds is 6. The summed E-state index contributed by atoms with van der Waals surface area (Å²) in [6.45, 7) is -0.204. The van der Waals surface area contributed by atoms with Crippen LogP contribution < -0.4 is 15.7 Å². The van der Waals surface area contributed by atoms with E-state index in [9.17, 15) is 26.8 Å². The largest absolute Gasteiger partial charge is 0.329 e. The first-order valence-electron chi connectivity index (χ1n) is 9.68. The number of aromatic nitrogens is 2. The first-order chi connectivity index (χ1) is 15.7. The first kappa shape index (κ1) is 22.2. The molecule has 0 spiro atoms. The molecular weight excluding hydrogens is 454 g/mol. The Morgan fingerprint density at radius 1 is 0.909 bits per heavy atom. The average molecular weight is 472 g/mol. The molecule has 0 aliphatic carbocycles. The van der Waals surface area contributed by atoms with Crippen LogP contribution in [-0.4, -0.2) is 23.5 Å². The Bertz CT molecular complexity index is 1530. The Balaban J connectivity index is 1.46. The van der Waals surface area contributed by atoms with E-state index < -0.39 is 32.5 Å². The third-order valence-corrected chi connectivity index (χ3v) is 6.35. The highest BCUT2D eigenvalue weighted by Gasteiger charge is 2.17. The Morgan fingerprint density at radius 3 is 2.21 bits per heavy atom. The lowest BCUT2D eigenvalue weighted by Gasteiger charge is -2.10. The van der Waals surface area contributed by atoms with E-state index in [1.54, 1.807) is 31.3 Å². The van der Waals surface area contributed by atoms with Crippen molar-refractivity contribution in [2.24, 2.45) is 7.05 Å². The summed E-state index contributed by atoms with van der Waals surface area (Å²) in [5, 5.41) is 2.65. The van der Waals surface area contributed by atoms with Gasteiger partial charge in [0.1, 0.15) is 6.54 Å². The van der Waals surface area contributed by atoms with Gasteiger partial charge in [0.2, 0.25) is 5.91 Å². The van der Waals surface area contributed by atoms with Gasteiger partial charge in [-0.05, 0) is 54.6 Å². The Kier molecular flexibility index (Phi) is 5.73. The quantitative estimate of drug-likeness (QED) is 0.450. The zero-order valence-electron chi connectivity index (χ0n) is 17.2. The van der Waals surface area contributed by atoms with Crippen LogP contribution >= 0.6 is 0 Å². The fraction of sp³-hybridized carbons (Fsp3) is 0.0909. The van der Waals surface area contributed by atoms with Gasteiger partial charge < -0.3 is 5.32 Å². The second kappa shape index (κ2) is 8.51. The number of carbonyl (C=O) groups excluding carboxylic acids is 1. The SMILES string of the molecule is Cn1c(=O)n(CC(=O)Nc2ccc(NS(=O)(=O)c3ccc(F)c(F)c3)cc2)c2ccccc21. The monoisotopic (exact) mass is 472 g/mol. The molecule has 0 atom stereocenters. The fourth-order valence-corrected chi connectivity index (χ4v) is 4.41. The number of nitrogens with one attached hydrogen (secondary N) is 2. The summed E-state index contributed by atoms with van der Waals surface area (Å²) in [6.07, 6.45) is 0. The number of halogens is 2. The summed E-state index contributed by atoms with van der Waals surface area (Å²) in [5.74, 6) is -2.87. The zero-order valence-corrected chi connectivity index (χ0v) is 18.1. The predicted molar refractivity (Wildman–Crippen MR) is 119 cm³/mol. The number of imidazole rings is 1. The summed E-state index contributed by atoms with van der Waals surface area (Å²) in [7, 11) is -2.51. The van der Waals surface area contributed by atoms with Crippen LogP contribution in [0.3, 0.4) is 0 Å². The Hall–Kier alpha value is -3.99. The normalized spacial score (nSPS) is 11.5. The minimum atomic E-state index is -4.14. The third kappa shape index (κ3) is 4.48. The van der Waals surface area contributed by atoms with Gasteiger partial charge in [-0.2, -0.15) is 0 Å². The molecule has 0 bridgehead atoms. The summed E-state index contributed by atoms with van der Waals surface area (Å²) in [4.78, 5) is 24.5. The van der Waals surface area contributed by atoms with Gasteiger partial charge in [0, 0.05) is 18.4 Å². The average Bonchev–Trinajstić information content (AvgIpc) is 3.02. The third-order valence-electron chi connectivity index (χ3n) is 4.98. The van der Waals surface area contributed by atoms with E-state index >= 15 is 0 Å². The molecule has 0 fully saturated rings. The van der Waals surface area contributed by atoms with Crippen LogP contribution in [0, 0.1) is 11.6 Å². The number of fused-ring (bicyclic) bond motifs is 1. The molecule has 0 aliphatic heterocycles. The lowest BCUT2D eigenvalue weighted by atomic mass is 10.3. The first-order valence-corrected chi connectivity index (χ1v) is 11.2. The molecular formula is C22H18F2N4O4S. The predicted octanol–water partition coefficient (Wildman–Crippen LogP) is 3.06. The van der Waals surface area contributed by atoms with Crippen molar-refractivity contribution < 1.29 is 22.0 Å². The smallest absolute Gasteiger partial charge is 0.325 e. The van der Waals surface area contributed by atoms with Crippen molar-refractivity contribution in [3.63, 3.8) is 0 Å². The minimum absolute atomic E-state index is 0.156. The van der Waals surface area contributed by atoms with Gasteiger partial charge in [-0.3, -0.25) is 18.7 Å². The molecule has 0 saturated heterocycles. The summed E-state index contributed by atoms with van der Waals surface area (Å²) in [6, 6.07) is 15.1. The van der Waals surface area contributed by atoms with E-state index in [2.05, 4.69) is 10.0 Å². The van der Waals surface area contributed by atoms with Crippen molar-refractivity contribution in [2.45, 2.75) is 11.4 Å². The Morgan fingerprint density at radius 2 is 1.55 bits per heavy atom. The van der Waals surface area contributed by atoms with Crippen molar-refractivity contribution in [3.8, 4) is 0 Å². The van der Waals surface area contributed by atoms with Crippen molar-refractivity contribution >= 4 is 38.3 Å². The highest BCUT2D eigenvalue weighted by molar-refractivity contribution is 7.92. The van der Waals surface area contributed by atoms with Gasteiger partial charge >= 0.3 is 5.69 Å². The minimum Gasteiger partial charge on any atom is -0.325 e. The number of amides is 1. The number of aryl methyl sites for hydroxylation is 1. The molecule has 0 unspecified atom stereocenters. The number of carbonyl (C=O) groups is 1. The zero-order chi connectivity index (χ0) is 23.8. The Labute approximate surface area is 187 Å². The number of hydrogen-bond donors (Lipinski definition) is 2. The molecule has 1 heterocycles. The van der Waals surface area contributed by atoms with Crippen molar-refractivity contribution in [1.29, 1.82) is 0 Å². The fourth-order valence-electron chi connectivity index (χ4n) is 3.34. The second-order valence-electron chi connectivity index (χ2n) is 7.22. The van der Waals surface area contributed by atoms with E-state index in [0.717, 1.165) is 12.1 Å². The molecule has 1 amide bonds. The van der Waals surface area contributed by atoms with Gasteiger partial charge in [-0.1, -0.05) is 12.1 Å². The number of benzene rings is 3. The number of nitrogens with zero attached hydrogens (tertiary/aromatic N) is 2. The van der Waals surface area contributed by atoms with E-state index in [1.807, 2.05) is 0 Å². The van der Waals surface area contributed by atoms with Crippen LogP contribution in [0.5, 0.6) is 0 Å². The molecule has 0 radical (unpaired) electrons. The lowest BCUT2D eigenvalue weighted by molar-refractivity contribution is -0.116. The van der Waals surface area contributed by atoms with E-state index in [1.165, 1.54) is 33.4 Å². The van der Waals surface area contributed by atoms with E-state index in [-0.39, 0.29) is 17.9 Å². The molecule has 4 rings (SSSR count). The molecule has 4 aromatic rings. The van der Waals surface area contributed by atoms with Crippen LogP contribution in [0.2, 0.25) is 0 Å². The van der Waals surface area contributed by atoms with Gasteiger partial charge in [0.05, 0.1) is 15.9 Å². The highest BCUT2D eigenvalue weighted by Crippen LogP contribution is 2.20. The van der Waals surface area contributed by atoms with Crippen LogP contribution in [0.4, 0.5) is 20.2 Å². The maximum absolute atomic E-state index is 13.4. The topological polar surface area (TPSA) is 102 Å². The standard InChI is InChI=1S/C22H18F2N4O4S/c1-27-19-4-2-3-5-20(19)28(22(27)30)13-21(29)25-14-6-8-15(9-7-14)26-33(31,32)16-10-11-17(23)18(24)12-16/h2-12,26H,13H2,1H3,(H,25,29). The van der Waals surface area contributed by atoms with Crippen molar-refractivity contribution in [2.75, 3.05) is 10.0 Å². The van der Waals surface area contributed by atoms with Crippen molar-refractivity contribution in [1.82, 2.24) is 9.13 Å². The van der Waals surface area contributed by atoms with Crippen LogP contribution in [0.15, 0.2) is 76.4 Å². The van der Waals surface area contributed by atoms with Crippen molar-refractivity contribution in [3.05, 3.63) is 88.8 Å². The van der Waals surface area contributed by atoms with Gasteiger partial charge in [-0.25, -0.2) is 22.0 Å². The van der Waals surface area contributed by atoms with Gasteiger partial charge in [0.15, 0.2) is 11.6 Å². The van der Waals surface area contributed by atoms with E-state index in [0.29, 0.717) is 22.8 Å². The molecule has 11 heteroatoms. The number of anilines is 2.